The molecule has 3 nitrogen and oxygen atoms in total. The average molecular weight is 332 g/mol. The topological polar surface area (TPSA) is 21.5 Å². The molecule has 0 saturated heterocycles. The predicted octanol–water partition coefficient (Wildman–Crippen LogP) is 0.204. The molecular weight excluding hydrogens is 310 g/mol. The molecule has 2 aromatic rings. The van der Waals surface area contributed by atoms with E-state index in [0.29, 0.717) is 0 Å². The Hall–Kier alpha value is -2.00. The van der Waals surface area contributed by atoms with Crippen LogP contribution in [0.5, 0.6) is 11.5 Å². The summed E-state index contributed by atoms with van der Waals surface area (Å²) in [6.45, 7) is 4.08. The summed E-state index contributed by atoms with van der Waals surface area (Å²) < 4.78 is 13.1. The molecule has 0 bridgehead atoms. The van der Waals surface area contributed by atoms with Crippen LogP contribution in [0, 0.1) is 6.92 Å². The van der Waals surface area contributed by atoms with Crippen LogP contribution in [0.15, 0.2) is 36.4 Å². The molecule has 0 radical (unpaired) electrons. The van der Waals surface area contributed by atoms with Crippen molar-refractivity contribution in [1.82, 2.24) is 0 Å². The van der Waals surface area contributed by atoms with Crippen molar-refractivity contribution in [3.63, 3.8) is 0 Å². The van der Waals surface area contributed by atoms with Crippen LogP contribution in [-0.4, -0.2) is 31.6 Å². The number of nitrogens with zero attached hydrogens (tertiary/aromatic N) is 1. The molecule has 0 unspecified atom stereocenters. The summed E-state index contributed by atoms with van der Waals surface area (Å²) in [7, 11) is 3.36. The van der Waals surface area contributed by atoms with Crippen LogP contribution in [0.3, 0.4) is 0 Å². The summed E-state index contributed by atoms with van der Waals surface area (Å²) in [6.07, 6.45) is 3.25. The van der Waals surface area contributed by atoms with E-state index < -0.39 is 0 Å². The fourth-order valence-corrected chi connectivity index (χ4v) is 2.85. The van der Waals surface area contributed by atoms with Crippen molar-refractivity contribution in [2.45, 2.75) is 19.9 Å². The van der Waals surface area contributed by atoms with Crippen molar-refractivity contribution in [3.05, 3.63) is 58.7 Å². The molecule has 0 fully saturated rings. The zero-order valence-electron chi connectivity index (χ0n) is 13.8. The SMILES string of the molecule is COc1cc2c(cc1OC)CC[N+](Cc1ccc(C)cc1)=C2.[Cl-]. The van der Waals surface area contributed by atoms with Crippen molar-refractivity contribution in [3.8, 4) is 11.5 Å². The van der Waals surface area contributed by atoms with Gasteiger partial charge in [0.1, 0.15) is 6.54 Å². The van der Waals surface area contributed by atoms with Crippen molar-refractivity contribution in [2.75, 3.05) is 20.8 Å². The van der Waals surface area contributed by atoms with Crippen LogP contribution in [0.4, 0.5) is 0 Å². The van der Waals surface area contributed by atoms with Gasteiger partial charge >= 0.3 is 0 Å². The maximum atomic E-state index is 5.41. The van der Waals surface area contributed by atoms with Gasteiger partial charge in [-0.25, -0.2) is 4.58 Å². The minimum Gasteiger partial charge on any atom is -1.00 e. The molecule has 1 aliphatic rings. The third-order valence-electron chi connectivity index (χ3n) is 4.14. The maximum absolute atomic E-state index is 5.41. The summed E-state index contributed by atoms with van der Waals surface area (Å²) in [5, 5.41) is 0. The van der Waals surface area contributed by atoms with Gasteiger partial charge in [-0.15, -0.1) is 0 Å². The minimum atomic E-state index is 0. The Morgan fingerprint density at radius 2 is 1.65 bits per heavy atom. The molecule has 0 saturated carbocycles. The van der Waals surface area contributed by atoms with Gasteiger partial charge in [0.25, 0.3) is 0 Å². The molecule has 3 rings (SSSR count). The number of halogens is 1. The van der Waals surface area contributed by atoms with Gasteiger partial charge in [0, 0.05) is 17.5 Å². The molecule has 1 heterocycles. The number of benzene rings is 2. The number of hydrogen-bond acceptors (Lipinski definition) is 2. The van der Waals surface area contributed by atoms with E-state index in [9.17, 15) is 0 Å². The predicted molar refractivity (Wildman–Crippen MR) is 88.4 cm³/mol. The average Bonchev–Trinajstić information content (AvgIpc) is 2.55. The lowest BCUT2D eigenvalue weighted by Gasteiger charge is -2.16. The van der Waals surface area contributed by atoms with Gasteiger partial charge in [0.15, 0.2) is 24.3 Å². The van der Waals surface area contributed by atoms with Gasteiger partial charge in [-0.05, 0) is 24.6 Å². The molecule has 0 atom stereocenters. The number of methoxy groups -OCH3 is 2. The highest BCUT2D eigenvalue weighted by atomic mass is 35.5. The van der Waals surface area contributed by atoms with E-state index in [-0.39, 0.29) is 12.4 Å². The Morgan fingerprint density at radius 1 is 1.00 bits per heavy atom. The smallest absolute Gasteiger partial charge is 0.171 e. The Bertz CT molecular complexity index is 708. The van der Waals surface area contributed by atoms with Crippen LogP contribution in [-0.2, 0) is 13.0 Å². The molecule has 0 aromatic heterocycles. The number of hydrogen-bond donors (Lipinski definition) is 0. The molecule has 0 amide bonds. The molecular formula is C19H22ClNO2. The van der Waals surface area contributed by atoms with E-state index >= 15 is 0 Å². The summed E-state index contributed by atoms with van der Waals surface area (Å²) in [6, 6.07) is 12.9. The second kappa shape index (κ2) is 7.51. The largest absolute Gasteiger partial charge is 1.00 e. The van der Waals surface area contributed by atoms with Gasteiger partial charge < -0.3 is 21.9 Å². The zero-order chi connectivity index (χ0) is 15.5. The van der Waals surface area contributed by atoms with Crippen LogP contribution < -0.4 is 21.9 Å². The summed E-state index contributed by atoms with van der Waals surface area (Å²) >= 11 is 0. The van der Waals surface area contributed by atoms with E-state index in [4.69, 9.17) is 9.47 Å². The molecule has 0 N–H and O–H groups in total. The van der Waals surface area contributed by atoms with Gasteiger partial charge in [-0.3, -0.25) is 0 Å². The highest BCUT2D eigenvalue weighted by Crippen LogP contribution is 2.31. The number of ether oxygens (including phenoxy) is 2. The monoisotopic (exact) mass is 331 g/mol. The minimum absolute atomic E-state index is 0. The van der Waals surface area contributed by atoms with Crippen molar-refractivity contribution < 1.29 is 26.5 Å². The lowest BCUT2D eigenvalue weighted by molar-refractivity contribution is -0.540. The Kier molecular flexibility index (Phi) is 5.67. The standard InChI is InChI=1S/C19H22NO2.ClH/c1-14-4-6-15(7-5-14)12-20-9-8-16-10-18(21-2)19(22-3)11-17(16)13-20;/h4-7,10-11,13H,8-9,12H2,1-3H3;1H/q+1;/p-1. The first-order chi connectivity index (χ1) is 10.7. The Labute approximate surface area is 144 Å². The maximum Gasteiger partial charge on any atom is 0.171 e. The van der Waals surface area contributed by atoms with Gasteiger partial charge in [-0.1, -0.05) is 29.8 Å². The third kappa shape index (κ3) is 3.85. The van der Waals surface area contributed by atoms with Crippen LogP contribution in [0.25, 0.3) is 0 Å². The van der Waals surface area contributed by atoms with E-state index in [1.165, 1.54) is 22.3 Å². The van der Waals surface area contributed by atoms with E-state index in [1.54, 1.807) is 14.2 Å². The first kappa shape index (κ1) is 17.4. The van der Waals surface area contributed by atoms with Gasteiger partial charge in [0.05, 0.1) is 14.2 Å². The number of rotatable bonds is 4. The Morgan fingerprint density at radius 3 is 2.30 bits per heavy atom. The van der Waals surface area contributed by atoms with Crippen LogP contribution in [0.1, 0.15) is 22.3 Å². The van der Waals surface area contributed by atoms with Crippen molar-refractivity contribution in [2.24, 2.45) is 0 Å². The number of fused-ring (bicyclic) bond motifs is 1. The van der Waals surface area contributed by atoms with Gasteiger partial charge in [-0.2, -0.15) is 0 Å². The van der Waals surface area contributed by atoms with Gasteiger partial charge in [0.2, 0.25) is 0 Å². The highest BCUT2D eigenvalue weighted by Gasteiger charge is 2.19. The molecule has 2 aromatic carbocycles. The molecule has 0 spiro atoms. The molecule has 1 aliphatic heterocycles. The lowest BCUT2D eigenvalue weighted by Crippen LogP contribution is -3.00. The lowest BCUT2D eigenvalue weighted by atomic mass is 10.0. The summed E-state index contributed by atoms with van der Waals surface area (Å²) in [5.74, 6) is 1.59. The fraction of sp³-hybridized carbons (Fsp3) is 0.316. The van der Waals surface area contributed by atoms with E-state index in [1.807, 2.05) is 0 Å². The molecule has 0 aliphatic carbocycles. The first-order valence-corrected chi connectivity index (χ1v) is 7.59. The first-order valence-electron chi connectivity index (χ1n) is 7.59. The fourth-order valence-electron chi connectivity index (χ4n) is 2.85. The third-order valence-corrected chi connectivity index (χ3v) is 4.14. The second-order valence-electron chi connectivity index (χ2n) is 5.74. The molecule has 4 heteroatoms. The highest BCUT2D eigenvalue weighted by molar-refractivity contribution is 5.80. The molecule has 23 heavy (non-hydrogen) atoms. The second-order valence-corrected chi connectivity index (χ2v) is 5.74. The number of aryl methyl sites for hydroxylation is 1. The van der Waals surface area contributed by atoms with Crippen LogP contribution >= 0.6 is 0 Å². The zero-order valence-corrected chi connectivity index (χ0v) is 14.6. The normalized spacial score (nSPS) is 12.7. The summed E-state index contributed by atoms with van der Waals surface area (Å²) in [4.78, 5) is 0. The van der Waals surface area contributed by atoms with Crippen molar-refractivity contribution in [1.29, 1.82) is 0 Å². The van der Waals surface area contributed by atoms with E-state index in [0.717, 1.165) is 31.0 Å². The Balaban J connectivity index is 0.00000192. The van der Waals surface area contributed by atoms with Crippen LogP contribution in [0.2, 0.25) is 0 Å². The van der Waals surface area contributed by atoms with Crippen molar-refractivity contribution >= 4 is 6.21 Å². The quantitative estimate of drug-likeness (QED) is 0.747. The van der Waals surface area contributed by atoms with E-state index in [2.05, 4.69) is 54.1 Å². The molecule has 122 valence electrons. The summed E-state index contributed by atoms with van der Waals surface area (Å²) in [5.41, 5.74) is 5.17.